The van der Waals surface area contributed by atoms with Gasteiger partial charge in [0.05, 0.1) is 12.3 Å². The van der Waals surface area contributed by atoms with Crippen LogP contribution >= 0.6 is 0 Å². The fourth-order valence-electron chi connectivity index (χ4n) is 3.60. The number of benzene rings is 3. The summed E-state index contributed by atoms with van der Waals surface area (Å²) < 4.78 is 5.68. The van der Waals surface area contributed by atoms with Crippen molar-refractivity contribution in [3.05, 3.63) is 95.6 Å². The predicted octanol–water partition coefficient (Wildman–Crippen LogP) is 4.79. The maximum absolute atomic E-state index is 13.4. The van der Waals surface area contributed by atoms with Crippen LogP contribution in [0.15, 0.2) is 78.9 Å². The number of quaternary nitrogens is 1. The van der Waals surface area contributed by atoms with Crippen LogP contribution in [0.2, 0.25) is 0 Å². The van der Waals surface area contributed by atoms with E-state index in [4.69, 9.17) is 4.74 Å². The lowest BCUT2D eigenvalue weighted by Crippen LogP contribution is -2.88. The molecule has 0 heterocycles. The van der Waals surface area contributed by atoms with Crippen LogP contribution in [0, 0.1) is 6.92 Å². The standard InChI is InChI=1S/C26H30N2O2/c1-4-22(20-17-15-19(3)16-18-20)27-25(21-11-7-6-8-12-21)26(29)28-23-13-9-10-14-24(23)30-5-2/h6-18,22,25,27H,4-5H2,1-3H3,(H,28,29)/p+1/t22-,25+/m1/s1. The highest BCUT2D eigenvalue weighted by Gasteiger charge is 2.28. The van der Waals surface area contributed by atoms with Gasteiger partial charge < -0.3 is 15.4 Å². The molecule has 3 N–H and O–H groups in total. The van der Waals surface area contributed by atoms with Crippen molar-refractivity contribution in [2.75, 3.05) is 11.9 Å². The van der Waals surface area contributed by atoms with Gasteiger partial charge in [-0.2, -0.15) is 0 Å². The molecule has 0 spiro atoms. The first-order valence-electron chi connectivity index (χ1n) is 10.6. The predicted molar refractivity (Wildman–Crippen MR) is 122 cm³/mol. The van der Waals surface area contributed by atoms with E-state index in [1.807, 2.05) is 61.5 Å². The molecule has 4 heteroatoms. The summed E-state index contributed by atoms with van der Waals surface area (Å²) in [6.45, 7) is 6.73. The summed E-state index contributed by atoms with van der Waals surface area (Å²) >= 11 is 0. The monoisotopic (exact) mass is 403 g/mol. The second-order valence-corrected chi connectivity index (χ2v) is 7.42. The summed E-state index contributed by atoms with van der Waals surface area (Å²) in [6, 6.07) is 25.9. The summed E-state index contributed by atoms with van der Waals surface area (Å²) in [6.07, 6.45) is 0.926. The molecule has 0 aromatic heterocycles. The normalized spacial score (nSPS) is 12.8. The van der Waals surface area contributed by atoms with E-state index in [0.717, 1.165) is 12.0 Å². The second kappa shape index (κ2) is 10.6. The van der Waals surface area contributed by atoms with Crippen molar-refractivity contribution in [3.63, 3.8) is 0 Å². The first-order valence-corrected chi connectivity index (χ1v) is 10.6. The first kappa shape index (κ1) is 21.6. The number of carbonyl (C=O) groups is 1. The van der Waals surface area contributed by atoms with E-state index in [1.165, 1.54) is 11.1 Å². The molecule has 2 atom stereocenters. The molecule has 0 fully saturated rings. The van der Waals surface area contributed by atoms with Gasteiger partial charge in [0.2, 0.25) is 0 Å². The number of hydrogen-bond donors (Lipinski definition) is 2. The molecule has 0 aliphatic heterocycles. The molecule has 3 aromatic carbocycles. The molecular weight excluding hydrogens is 372 g/mol. The van der Waals surface area contributed by atoms with Gasteiger partial charge in [0, 0.05) is 17.5 Å². The first-order chi connectivity index (χ1) is 14.6. The molecule has 30 heavy (non-hydrogen) atoms. The molecule has 0 saturated carbocycles. The van der Waals surface area contributed by atoms with Gasteiger partial charge in [0.15, 0.2) is 6.04 Å². The van der Waals surface area contributed by atoms with Crippen molar-refractivity contribution >= 4 is 11.6 Å². The minimum atomic E-state index is -0.368. The van der Waals surface area contributed by atoms with Gasteiger partial charge in [-0.1, -0.05) is 79.2 Å². The van der Waals surface area contributed by atoms with Gasteiger partial charge in [0.1, 0.15) is 11.8 Å². The zero-order valence-electron chi connectivity index (χ0n) is 18.0. The van der Waals surface area contributed by atoms with Crippen molar-refractivity contribution in [2.45, 2.75) is 39.3 Å². The average molecular weight is 404 g/mol. The topological polar surface area (TPSA) is 54.9 Å². The third-order valence-electron chi connectivity index (χ3n) is 5.26. The summed E-state index contributed by atoms with van der Waals surface area (Å²) in [5.41, 5.74) is 4.14. The van der Waals surface area contributed by atoms with Crippen LogP contribution in [-0.2, 0) is 4.79 Å². The molecule has 3 aromatic rings. The van der Waals surface area contributed by atoms with Gasteiger partial charge in [-0.15, -0.1) is 0 Å². The van der Waals surface area contributed by atoms with Crippen LogP contribution in [0.1, 0.15) is 49.0 Å². The van der Waals surface area contributed by atoms with Gasteiger partial charge in [0.25, 0.3) is 5.91 Å². The quantitative estimate of drug-likeness (QED) is 0.540. The second-order valence-electron chi connectivity index (χ2n) is 7.42. The number of para-hydroxylation sites is 2. The zero-order chi connectivity index (χ0) is 21.3. The number of ether oxygens (including phenoxy) is 1. The van der Waals surface area contributed by atoms with Crippen LogP contribution in [0.25, 0.3) is 0 Å². The van der Waals surface area contributed by atoms with Gasteiger partial charge >= 0.3 is 0 Å². The maximum Gasteiger partial charge on any atom is 0.287 e. The van der Waals surface area contributed by atoms with E-state index < -0.39 is 0 Å². The van der Waals surface area contributed by atoms with Gasteiger partial charge in [-0.3, -0.25) is 4.79 Å². The van der Waals surface area contributed by atoms with Crippen LogP contribution in [0.3, 0.4) is 0 Å². The zero-order valence-corrected chi connectivity index (χ0v) is 18.0. The summed E-state index contributed by atoms with van der Waals surface area (Å²) in [7, 11) is 0. The van der Waals surface area contributed by atoms with E-state index in [1.54, 1.807) is 0 Å². The Labute approximate surface area is 179 Å². The highest BCUT2D eigenvalue weighted by atomic mass is 16.5. The molecule has 156 valence electrons. The molecule has 0 saturated heterocycles. The minimum absolute atomic E-state index is 0.0566. The third kappa shape index (κ3) is 5.49. The average Bonchev–Trinajstić information content (AvgIpc) is 2.77. The molecule has 1 amide bonds. The SMILES string of the molecule is CCOc1ccccc1NC(=O)[C@@H]([NH2+][C@H](CC)c1ccc(C)cc1)c1ccccc1. The lowest BCUT2D eigenvalue weighted by molar-refractivity contribution is -0.722. The Kier molecular flexibility index (Phi) is 7.63. The number of hydrogen-bond acceptors (Lipinski definition) is 2. The summed E-state index contributed by atoms with van der Waals surface area (Å²) in [5.74, 6) is 0.629. The molecule has 0 radical (unpaired) electrons. The number of nitrogens with one attached hydrogen (secondary N) is 1. The van der Waals surface area contributed by atoms with E-state index in [2.05, 4.69) is 48.7 Å². The fourth-order valence-corrected chi connectivity index (χ4v) is 3.60. The Morgan fingerprint density at radius 2 is 1.57 bits per heavy atom. The van der Waals surface area contributed by atoms with E-state index in [-0.39, 0.29) is 18.0 Å². The number of carbonyl (C=O) groups excluding carboxylic acids is 1. The molecule has 0 aliphatic carbocycles. The summed E-state index contributed by atoms with van der Waals surface area (Å²) in [5, 5.41) is 5.25. The number of aryl methyl sites for hydroxylation is 1. The third-order valence-corrected chi connectivity index (χ3v) is 5.26. The largest absolute Gasteiger partial charge is 0.492 e. The highest BCUT2D eigenvalue weighted by Crippen LogP contribution is 2.25. The molecule has 0 bridgehead atoms. The maximum atomic E-state index is 13.4. The Balaban J connectivity index is 1.87. The van der Waals surface area contributed by atoms with Crippen molar-refractivity contribution in [3.8, 4) is 5.75 Å². The molecule has 4 nitrogen and oxygen atoms in total. The van der Waals surface area contributed by atoms with Crippen molar-refractivity contribution in [1.82, 2.24) is 0 Å². The van der Waals surface area contributed by atoms with E-state index in [0.29, 0.717) is 18.0 Å². The molecular formula is C26H31N2O2+. The Bertz CT molecular complexity index is 939. The lowest BCUT2D eigenvalue weighted by Gasteiger charge is -2.22. The number of nitrogens with two attached hydrogens (primary N) is 1. The molecule has 0 aliphatic rings. The number of anilines is 1. The summed E-state index contributed by atoms with van der Waals surface area (Å²) in [4.78, 5) is 13.4. The van der Waals surface area contributed by atoms with Crippen molar-refractivity contribution in [1.29, 1.82) is 0 Å². The van der Waals surface area contributed by atoms with Gasteiger partial charge in [-0.05, 0) is 26.0 Å². The molecule has 0 unspecified atom stereocenters. The number of amides is 1. The van der Waals surface area contributed by atoms with Crippen LogP contribution in [0.5, 0.6) is 5.75 Å². The van der Waals surface area contributed by atoms with Crippen LogP contribution < -0.4 is 15.4 Å². The lowest BCUT2D eigenvalue weighted by atomic mass is 9.99. The Morgan fingerprint density at radius 1 is 0.900 bits per heavy atom. The van der Waals surface area contributed by atoms with Gasteiger partial charge in [-0.25, -0.2) is 0 Å². The van der Waals surface area contributed by atoms with Crippen LogP contribution in [-0.4, -0.2) is 12.5 Å². The van der Waals surface area contributed by atoms with Crippen LogP contribution in [0.4, 0.5) is 5.69 Å². The van der Waals surface area contributed by atoms with E-state index in [9.17, 15) is 4.79 Å². The van der Waals surface area contributed by atoms with Crippen molar-refractivity contribution < 1.29 is 14.8 Å². The Hall–Kier alpha value is -3.11. The minimum Gasteiger partial charge on any atom is -0.492 e. The number of rotatable bonds is 9. The Morgan fingerprint density at radius 3 is 2.23 bits per heavy atom. The fraction of sp³-hybridized carbons (Fsp3) is 0.269. The van der Waals surface area contributed by atoms with Crippen molar-refractivity contribution in [2.24, 2.45) is 0 Å². The molecule has 3 rings (SSSR count). The smallest absolute Gasteiger partial charge is 0.287 e. The van der Waals surface area contributed by atoms with E-state index >= 15 is 0 Å². The highest BCUT2D eigenvalue weighted by molar-refractivity contribution is 5.95.